The highest BCUT2D eigenvalue weighted by Gasteiger charge is 2.16. The van der Waals surface area contributed by atoms with E-state index in [0.717, 1.165) is 0 Å². The Morgan fingerprint density at radius 1 is 1.28 bits per heavy atom. The van der Waals surface area contributed by atoms with E-state index in [9.17, 15) is 9.59 Å². The molecule has 8 heteroatoms. The van der Waals surface area contributed by atoms with Crippen LogP contribution in [0.25, 0.3) is 11.2 Å². The summed E-state index contributed by atoms with van der Waals surface area (Å²) in [6, 6.07) is 0. The first-order valence-corrected chi connectivity index (χ1v) is 6.69. The van der Waals surface area contributed by atoms with Gasteiger partial charge < -0.3 is 4.57 Å². The van der Waals surface area contributed by atoms with Crippen molar-refractivity contribution in [3.8, 4) is 0 Å². The summed E-state index contributed by atoms with van der Waals surface area (Å²) >= 11 is 8.85. The number of halogens is 2. The molecule has 0 amide bonds. The summed E-state index contributed by atoms with van der Waals surface area (Å²) in [6.07, 6.45) is 0.571. The molecular weight excluding hydrogens is 323 g/mol. The van der Waals surface area contributed by atoms with Gasteiger partial charge in [-0.1, -0.05) is 0 Å². The topological polar surface area (TPSA) is 61.8 Å². The predicted octanol–water partition coefficient (Wildman–Crippen LogP) is 0.825. The fourth-order valence-corrected chi connectivity index (χ4v) is 2.30. The number of hydrogen-bond acceptors (Lipinski definition) is 3. The Bertz CT molecular complexity index is 715. The molecule has 0 unspecified atom stereocenters. The molecule has 0 fully saturated rings. The third-order valence-corrected chi connectivity index (χ3v) is 3.80. The van der Waals surface area contributed by atoms with E-state index in [1.54, 1.807) is 18.7 Å². The summed E-state index contributed by atoms with van der Waals surface area (Å²) in [5, 5.41) is 0. The minimum atomic E-state index is -0.372. The van der Waals surface area contributed by atoms with Crippen molar-refractivity contribution in [3.05, 3.63) is 25.6 Å². The van der Waals surface area contributed by atoms with Crippen LogP contribution in [0, 0.1) is 0 Å². The summed E-state index contributed by atoms with van der Waals surface area (Å²) in [7, 11) is 3.32. The lowest BCUT2D eigenvalue weighted by Gasteiger charge is -2.07. The Kier molecular flexibility index (Phi) is 3.63. The van der Waals surface area contributed by atoms with Crippen LogP contribution in [0.3, 0.4) is 0 Å². The SMILES string of the molecule is Cn1c(Br)nc2c1c(=O)n(CCCCl)c(=O)n2C. The molecule has 0 saturated carbocycles. The monoisotopic (exact) mass is 334 g/mol. The lowest BCUT2D eigenvalue weighted by Crippen LogP contribution is -2.39. The average molecular weight is 336 g/mol. The maximum absolute atomic E-state index is 12.3. The smallest absolute Gasteiger partial charge is 0.316 e. The number of imidazole rings is 1. The van der Waals surface area contributed by atoms with Crippen molar-refractivity contribution < 1.29 is 0 Å². The molecule has 18 heavy (non-hydrogen) atoms. The molecule has 2 aromatic rings. The summed E-state index contributed by atoms with van der Waals surface area (Å²) in [5.74, 6) is 0.405. The molecule has 2 heterocycles. The van der Waals surface area contributed by atoms with Gasteiger partial charge in [-0.05, 0) is 22.4 Å². The van der Waals surface area contributed by atoms with Gasteiger partial charge in [0.1, 0.15) is 0 Å². The first-order chi connectivity index (χ1) is 8.49. The lowest BCUT2D eigenvalue weighted by molar-refractivity contribution is 0.593. The van der Waals surface area contributed by atoms with Crippen LogP contribution in [0.1, 0.15) is 6.42 Å². The van der Waals surface area contributed by atoms with Gasteiger partial charge in [0, 0.05) is 26.5 Å². The van der Waals surface area contributed by atoms with E-state index in [4.69, 9.17) is 11.6 Å². The van der Waals surface area contributed by atoms with Gasteiger partial charge in [0.25, 0.3) is 5.56 Å². The van der Waals surface area contributed by atoms with E-state index in [0.29, 0.717) is 34.7 Å². The van der Waals surface area contributed by atoms with Crippen molar-refractivity contribution >= 4 is 38.7 Å². The van der Waals surface area contributed by atoms with Gasteiger partial charge in [0.05, 0.1) is 0 Å². The van der Waals surface area contributed by atoms with E-state index in [1.165, 1.54) is 9.13 Å². The van der Waals surface area contributed by atoms with Crippen molar-refractivity contribution in [3.63, 3.8) is 0 Å². The third kappa shape index (κ3) is 1.91. The molecular formula is C10H12BrClN4O2. The highest BCUT2D eigenvalue weighted by atomic mass is 79.9. The van der Waals surface area contributed by atoms with Crippen molar-refractivity contribution in [2.24, 2.45) is 14.1 Å². The van der Waals surface area contributed by atoms with Crippen LogP contribution in [0.2, 0.25) is 0 Å². The fourth-order valence-electron chi connectivity index (χ4n) is 1.83. The van der Waals surface area contributed by atoms with Crippen LogP contribution in [-0.2, 0) is 20.6 Å². The van der Waals surface area contributed by atoms with Crippen LogP contribution in [-0.4, -0.2) is 24.6 Å². The van der Waals surface area contributed by atoms with Crippen molar-refractivity contribution in [2.45, 2.75) is 13.0 Å². The van der Waals surface area contributed by atoms with Crippen molar-refractivity contribution in [2.75, 3.05) is 5.88 Å². The number of aryl methyl sites for hydroxylation is 2. The van der Waals surface area contributed by atoms with E-state index < -0.39 is 0 Å². The molecule has 0 saturated heterocycles. The van der Waals surface area contributed by atoms with E-state index in [1.807, 2.05) is 0 Å². The average Bonchev–Trinajstić information content (AvgIpc) is 2.64. The maximum atomic E-state index is 12.3. The quantitative estimate of drug-likeness (QED) is 0.616. The van der Waals surface area contributed by atoms with E-state index in [2.05, 4.69) is 20.9 Å². The molecule has 98 valence electrons. The van der Waals surface area contributed by atoms with Gasteiger partial charge in [-0.15, -0.1) is 11.6 Å². The van der Waals surface area contributed by atoms with Crippen LogP contribution in [0.4, 0.5) is 0 Å². The molecule has 6 nitrogen and oxygen atoms in total. The molecule has 2 aromatic heterocycles. The van der Waals surface area contributed by atoms with Crippen LogP contribution < -0.4 is 11.2 Å². The fraction of sp³-hybridized carbons (Fsp3) is 0.500. The Morgan fingerprint density at radius 2 is 1.94 bits per heavy atom. The summed E-state index contributed by atoms with van der Waals surface area (Å²) < 4.78 is 4.70. The Morgan fingerprint density at radius 3 is 2.56 bits per heavy atom. The summed E-state index contributed by atoms with van der Waals surface area (Å²) in [4.78, 5) is 28.5. The number of rotatable bonds is 3. The lowest BCUT2D eigenvalue weighted by atomic mass is 10.4. The standard InChI is InChI=1S/C10H12BrClN4O2/c1-14-6-7(13-9(14)11)15(2)10(18)16(8(6)17)5-3-4-12/h3-5H2,1-2H3. The minimum absolute atomic E-state index is 0.313. The van der Waals surface area contributed by atoms with Gasteiger partial charge in [0.2, 0.25) is 0 Å². The van der Waals surface area contributed by atoms with E-state index in [-0.39, 0.29) is 11.2 Å². The van der Waals surface area contributed by atoms with Gasteiger partial charge in [-0.3, -0.25) is 13.9 Å². The Labute approximate surface area is 116 Å². The zero-order chi connectivity index (χ0) is 13.4. The van der Waals surface area contributed by atoms with Gasteiger partial charge in [-0.25, -0.2) is 9.78 Å². The second-order valence-electron chi connectivity index (χ2n) is 3.95. The first-order valence-electron chi connectivity index (χ1n) is 5.36. The zero-order valence-corrected chi connectivity index (χ0v) is 12.3. The van der Waals surface area contributed by atoms with Crippen LogP contribution >= 0.6 is 27.5 Å². The molecule has 0 radical (unpaired) electrons. The van der Waals surface area contributed by atoms with Gasteiger partial charge in [0.15, 0.2) is 15.9 Å². The highest BCUT2D eigenvalue weighted by Crippen LogP contribution is 2.13. The third-order valence-electron chi connectivity index (χ3n) is 2.82. The summed E-state index contributed by atoms with van der Waals surface area (Å²) in [5.41, 5.74) is 0.0715. The largest absolute Gasteiger partial charge is 0.332 e. The van der Waals surface area contributed by atoms with Gasteiger partial charge >= 0.3 is 5.69 Å². The van der Waals surface area contributed by atoms with Crippen LogP contribution in [0.5, 0.6) is 0 Å². The Hall–Kier alpha value is -1.08. The second-order valence-corrected chi connectivity index (χ2v) is 5.04. The molecule has 0 aliphatic heterocycles. The first kappa shape index (κ1) is 13.4. The van der Waals surface area contributed by atoms with E-state index >= 15 is 0 Å². The molecule has 0 aliphatic rings. The number of aromatic nitrogens is 4. The molecule has 0 aromatic carbocycles. The molecule has 0 N–H and O–H groups in total. The molecule has 0 atom stereocenters. The molecule has 0 bridgehead atoms. The number of nitrogens with zero attached hydrogens (tertiary/aromatic N) is 4. The predicted molar refractivity (Wildman–Crippen MR) is 73.3 cm³/mol. The molecule has 0 aliphatic carbocycles. The molecule has 0 spiro atoms. The van der Waals surface area contributed by atoms with Crippen LogP contribution in [0.15, 0.2) is 14.3 Å². The maximum Gasteiger partial charge on any atom is 0.332 e. The highest BCUT2D eigenvalue weighted by molar-refractivity contribution is 9.10. The number of alkyl halides is 1. The minimum Gasteiger partial charge on any atom is -0.316 e. The Balaban J connectivity index is 2.85. The summed E-state index contributed by atoms with van der Waals surface area (Å²) in [6.45, 7) is 0.313. The van der Waals surface area contributed by atoms with Crippen molar-refractivity contribution in [1.29, 1.82) is 0 Å². The van der Waals surface area contributed by atoms with Gasteiger partial charge in [-0.2, -0.15) is 0 Å². The zero-order valence-electron chi connectivity index (χ0n) is 9.98. The second kappa shape index (κ2) is 4.89. The molecule has 2 rings (SSSR count). The van der Waals surface area contributed by atoms with Crippen molar-refractivity contribution in [1.82, 2.24) is 18.7 Å². The number of fused-ring (bicyclic) bond motifs is 1. The number of hydrogen-bond donors (Lipinski definition) is 0. The normalized spacial score (nSPS) is 11.3.